The van der Waals surface area contributed by atoms with Gasteiger partial charge >= 0.3 is 5.97 Å². The molecular formula is C15H18FNO3. The number of amides is 1. The molecule has 0 radical (unpaired) electrons. The van der Waals surface area contributed by atoms with Crippen molar-refractivity contribution < 1.29 is 19.1 Å². The van der Waals surface area contributed by atoms with Crippen LogP contribution < -0.4 is 0 Å². The molecule has 0 bridgehead atoms. The Morgan fingerprint density at radius 1 is 1.45 bits per heavy atom. The molecule has 20 heavy (non-hydrogen) atoms. The number of hydrogen-bond donors (Lipinski definition) is 1. The van der Waals surface area contributed by atoms with Gasteiger partial charge in [-0.3, -0.25) is 9.59 Å². The summed E-state index contributed by atoms with van der Waals surface area (Å²) in [7, 11) is 0. The van der Waals surface area contributed by atoms with Crippen molar-refractivity contribution in [2.45, 2.75) is 32.7 Å². The van der Waals surface area contributed by atoms with Gasteiger partial charge in [0.2, 0.25) is 0 Å². The average Bonchev–Trinajstić information content (AvgIpc) is 3.22. The first-order valence-electron chi connectivity index (χ1n) is 6.70. The van der Waals surface area contributed by atoms with E-state index in [1.54, 1.807) is 19.9 Å². The van der Waals surface area contributed by atoms with Crippen molar-refractivity contribution in [3.8, 4) is 0 Å². The van der Waals surface area contributed by atoms with Gasteiger partial charge in [0.1, 0.15) is 5.82 Å². The van der Waals surface area contributed by atoms with Crippen LogP contribution >= 0.6 is 0 Å². The lowest BCUT2D eigenvalue weighted by molar-refractivity contribution is -0.141. The van der Waals surface area contributed by atoms with Gasteiger partial charge in [-0.2, -0.15) is 0 Å². The van der Waals surface area contributed by atoms with Gasteiger partial charge in [0.05, 0.1) is 11.5 Å². The zero-order valence-corrected chi connectivity index (χ0v) is 11.6. The van der Waals surface area contributed by atoms with Crippen LogP contribution in [0.5, 0.6) is 0 Å². The summed E-state index contributed by atoms with van der Waals surface area (Å²) < 4.78 is 13.8. The van der Waals surface area contributed by atoms with Gasteiger partial charge < -0.3 is 10.0 Å². The first-order valence-corrected chi connectivity index (χ1v) is 6.70. The van der Waals surface area contributed by atoms with Crippen molar-refractivity contribution in [2.24, 2.45) is 5.92 Å². The van der Waals surface area contributed by atoms with Crippen molar-refractivity contribution in [2.75, 3.05) is 6.54 Å². The van der Waals surface area contributed by atoms with Crippen LogP contribution in [0.15, 0.2) is 18.2 Å². The minimum absolute atomic E-state index is 0.0227. The van der Waals surface area contributed by atoms with E-state index in [0.29, 0.717) is 0 Å². The van der Waals surface area contributed by atoms with Gasteiger partial charge in [0, 0.05) is 12.6 Å². The molecule has 1 aromatic carbocycles. The van der Waals surface area contributed by atoms with Gasteiger partial charge in [-0.1, -0.05) is 18.6 Å². The van der Waals surface area contributed by atoms with E-state index in [1.807, 2.05) is 0 Å². The van der Waals surface area contributed by atoms with Gasteiger partial charge in [-0.25, -0.2) is 4.39 Å². The fourth-order valence-corrected chi connectivity index (χ4v) is 2.11. The summed E-state index contributed by atoms with van der Waals surface area (Å²) in [4.78, 5) is 24.9. The predicted molar refractivity (Wildman–Crippen MR) is 72.0 cm³/mol. The fraction of sp³-hybridized carbons (Fsp3) is 0.467. The van der Waals surface area contributed by atoms with Gasteiger partial charge in [-0.15, -0.1) is 0 Å². The molecule has 0 heterocycles. The number of nitrogens with zero attached hydrogens (tertiary/aromatic N) is 1. The number of carboxylic acid groups (broad SMARTS) is 1. The Labute approximate surface area is 117 Å². The van der Waals surface area contributed by atoms with Crippen LogP contribution in [0.4, 0.5) is 4.39 Å². The fourth-order valence-electron chi connectivity index (χ4n) is 2.11. The van der Waals surface area contributed by atoms with Crippen LogP contribution in [-0.4, -0.2) is 34.5 Å². The number of aryl methyl sites for hydroxylation is 1. The summed E-state index contributed by atoms with van der Waals surface area (Å²) in [5.41, 5.74) is 0.825. The maximum Gasteiger partial charge on any atom is 0.308 e. The number of hydrogen-bond acceptors (Lipinski definition) is 2. The third kappa shape index (κ3) is 3.15. The predicted octanol–water partition coefficient (Wildman–Crippen LogP) is 2.46. The molecule has 108 valence electrons. The highest BCUT2D eigenvalue weighted by atomic mass is 19.1. The van der Waals surface area contributed by atoms with Crippen LogP contribution in [0.2, 0.25) is 0 Å². The van der Waals surface area contributed by atoms with Crippen LogP contribution in [0, 0.1) is 18.7 Å². The minimum Gasteiger partial charge on any atom is -0.481 e. The highest BCUT2D eigenvalue weighted by Crippen LogP contribution is 2.29. The minimum atomic E-state index is -0.951. The molecule has 1 atom stereocenters. The maximum absolute atomic E-state index is 13.8. The molecule has 0 saturated heterocycles. The molecular weight excluding hydrogens is 261 g/mol. The molecule has 0 aliphatic heterocycles. The molecule has 1 aliphatic carbocycles. The lowest BCUT2D eigenvalue weighted by Crippen LogP contribution is -2.39. The van der Waals surface area contributed by atoms with E-state index >= 15 is 0 Å². The Hall–Kier alpha value is -1.91. The Morgan fingerprint density at radius 2 is 2.10 bits per heavy atom. The highest BCUT2D eigenvalue weighted by molar-refractivity contribution is 5.95. The molecule has 0 unspecified atom stereocenters. The van der Waals surface area contributed by atoms with Crippen molar-refractivity contribution in [1.82, 2.24) is 4.90 Å². The van der Waals surface area contributed by atoms with Crippen molar-refractivity contribution in [3.05, 3.63) is 35.1 Å². The molecule has 1 aromatic rings. The molecule has 0 aromatic heterocycles. The van der Waals surface area contributed by atoms with Crippen LogP contribution in [0.1, 0.15) is 35.7 Å². The third-order valence-corrected chi connectivity index (χ3v) is 3.49. The summed E-state index contributed by atoms with van der Waals surface area (Å²) in [6.45, 7) is 3.46. The van der Waals surface area contributed by atoms with Crippen molar-refractivity contribution >= 4 is 11.9 Å². The zero-order chi connectivity index (χ0) is 14.9. The maximum atomic E-state index is 13.8. The van der Waals surface area contributed by atoms with E-state index in [-0.39, 0.29) is 18.2 Å². The number of aliphatic carboxylic acids is 1. The Balaban J connectivity index is 2.23. The van der Waals surface area contributed by atoms with E-state index in [0.717, 1.165) is 18.4 Å². The molecule has 2 rings (SSSR count). The molecule has 1 aliphatic rings. The zero-order valence-electron chi connectivity index (χ0n) is 11.6. The number of carbonyl (C=O) groups excluding carboxylic acids is 1. The monoisotopic (exact) mass is 279 g/mol. The molecule has 5 heteroatoms. The first kappa shape index (κ1) is 14.5. The quantitative estimate of drug-likeness (QED) is 0.900. The Kier molecular flexibility index (Phi) is 4.06. The second-order valence-corrected chi connectivity index (χ2v) is 5.41. The lowest BCUT2D eigenvalue weighted by atomic mass is 10.1. The first-order chi connectivity index (χ1) is 9.40. The Morgan fingerprint density at radius 3 is 2.65 bits per heavy atom. The van der Waals surface area contributed by atoms with E-state index < -0.39 is 23.6 Å². The number of halogens is 1. The number of rotatable bonds is 5. The van der Waals surface area contributed by atoms with Gasteiger partial charge in [0.25, 0.3) is 5.91 Å². The van der Waals surface area contributed by atoms with Crippen LogP contribution in [0.25, 0.3) is 0 Å². The highest BCUT2D eigenvalue weighted by Gasteiger charge is 2.35. The standard InChI is InChI=1S/C15H18FNO3/c1-9-3-6-13(16)12(7-9)14(18)17(11-4-5-11)8-10(2)15(19)20/h3,6-7,10-11H,4-5,8H2,1-2H3,(H,19,20)/t10-/m1/s1. The molecule has 4 nitrogen and oxygen atoms in total. The molecule has 0 spiro atoms. The van der Waals surface area contributed by atoms with E-state index in [9.17, 15) is 14.0 Å². The largest absolute Gasteiger partial charge is 0.481 e. The summed E-state index contributed by atoms with van der Waals surface area (Å²) in [6.07, 6.45) is 1.71. The van der Waals surface area contributed by atoms with Crippen LogP contribution in [0.3, 0.4) is 0 Å². The molecule has 1 N–H and O–H groups in total. The number of carboxylic acids is 1. The van der Waals surface area contributed by atoms with Crippen LogP contribution in [-0.2, 0) is 4.79 Å². The Bertz CT molecular complexity index is 540. The SMILES string of the molecule is Cc1ccc(F)c(C(=O)N(C[C@@H](C)C(=O)O)C2CC2)c1. The molecule has 1 saturated carbocycles. The van der Waals surface area contributed by atoms with Gasteiger partial charge in [0.15, 0.2) is 0 Å². The summed E-state index contributed by atoms with van der Waals surface area (Å²) in [5.74, 6) is -2.59. The summed E-state index contributed by atoms with van der Waals surface area (Å²) >= 11 is 0. The van der Waals surface area contributed by atoms with Gasteiger partial charge in [-0.05, 0) is 31.9 Å². The smallest absolute Gasteiger partial charge is 0.308 e. The second-order valence-electron chi connectivity index (χ2n) is 5.41. The summed E-state index contributed by atoms with van der Waals surface area (Å²) in [6, 6.07) is 4.43. The summed E-state index contributed by atoms with van der Waals surface area (Å²) in [5, 5.41) is 8.97. The molecule has 1 amide bonds. The number of carbonyl (C=O) groups is 2. The lowest BCUT2D eigenvalue weighted by Gasteiger charge is -2.24. The molecule has 1 fully saturated rings. The van der Waals surface area contributed by atoms with Crippen molar-refractivity contribution in [1.29, 1.82) is 0 Å². The topological polar surface area (TPSA) is 57.6 Å². The third-order valence-electron chi connectivity index (χ3n) is 3.49. The average molecular weight is 279 g/mol. The van der Waals surface area contributed by atoms with E-state index in [4.69, 9.17) is 5.11 Å². The van der Waals surface area contributed by atoms with Crippen molar-refractivity contribution in [3.63, 3.8) is 0 Å². The van der Waals surface area contributed by atoms with E-state index in [1.165, 1.54) is 17.0 Å². The van der Waals surface area contributed by atoms with E-state index in [2.05, 4.69) is 0 Å². The normalized spacial score (nSPS) is 15.8. The number of benzene rings is 1. The second kappa shape index (κ2) is 5.61.